The molecule has 0 radical (unpaired) electrons. The molecule has 2 heterocycles. The number of benzene rings is 1. The van der Waals surface area contributed by atoms with E-state index in [1.54, 1.807) is 6.07 Å². The number of aromatic amines is 1. The summed E-state index contributed by atoms with van der Waals surface area (Å²) in [4.78, 5) is 14.5. The van der Waals surface area contributed by atoms with Gasteiger partial charge in [-0.2, -0.15) is 10.1 Å². The maximum Gasteiger partial charge on any atom is 0.361 e. The van der Waals surface area contributed by atoms with Crippen LogP contribution in [-0.2, 0) is 0 Å². The minimum atomic E-state index is -0.483. The van der Waals surface area contributed by atoms with E-state index in [1.807, 2.05) is 30.3 Å². The molecule has 0 aliphatic rings. The molecule has 0 aliphatic heterocycles. The van der Waals surface area contributed by atoms with Crippen molar-refractivity contribution < 1.29 is 4.42 Å². The Balaban J connectivity index is 1.97. The maximum absolute atomic E-state index is 10.8. The Bertz CT molecular complexity index is 742. The number of nitrogens with zero attached hydrogens (tertiary/aromatic N) is 2. The van der Waals surface area contributed by atoms with Gasteiger partial charge in [0.2, 0.25) is 0 Å². The number of hydrogen-bond donors (Lipinski definition) is 1. The first-order chi connectivity index (χ1) is 9.22. The van der Waals surface area contributed by atoms with Gasteiger partial charge in [-0.1, -0.05) is 28.1 Å². The average Bonchev–Trinajstić information content (AvgIpc) is 2.90. The van der Waals surface area contributed by atoms with E-state index >= 15 is 0 Å². The van der Waals surface area contributed by atoms with Gasteiger partial charge in [-0.05, 0) is 24.3 Å². The van der Waals surface area contributed by atoms with Gasteiger partial charge in [-0.15, -0.1) is 0 Å². The minimum absolute atomic E-state index is 0.483. The topological polar surface area (TPSA) is 71.8 Å². The van der Waals surface area contributed by atoms with Crippen molar-refractivity contribution in [2.75, 3.05) is 0 Å². The van der Waals surface area contributed by atoms with Gasteiger partial charge in [-0.25, -0.2) is 9.89 Å². The maximum atomic E-state index is 10.8. The third-order valence-electron chi connectivity index (χ3n) is 2.56. The monoisotopic (exact) mass is 317 g/mol. The molecule has 0 fully saturated rings. The summed E-state index contributed by atoms with van der Waals surface area (Å²) in [7, 11) is 0. The second-order valence-electron chi connectivity index (χ2n) is 3.84. The molecule has 0 saturated heterocycles. The molecule has 0 unspecified atom stereocenters. The summed E-state index contributed by atoms with van der Waals surface area (Å²) in [5.74, 6) is 1.29. The van der Waals surface area contributed by atoms with E-state index in [9.17, 15) is 4.79 Å². The lowest BCUT2D eigenvalue weighted by atomic mass is 10.2. The second-order valence-corrected chi connectivity index (χ2v) is 4.76. The van der Waals surface area contributed by atoms with Crippen molar-refractivity contribution in [1.29, 1.82) is 0 Å². The minimum Gasteiger partial charge on any atom is -0.454 e. The van der Waals surface area contributed by atoms with E-state index in [4.69, 9.17) is 4.42 Å². The first-order valence-electron chi connectivity index (χ1n) is 5.50. The Kier molecular flexibility index (Phi) is 3.00. The number of rotatable bonds is 2. The Morgan fingerprint density at radius 2 is 1.79 bits per heavy atom. The van der Waals surface area contributed by atoms with Crippen LogP contribution in [0.4, 0.5) is 0 Å². The van der Waals surface area contributed by atoms with E-state index in [1.165, 1.54) is 6.20 Å². The predicted octanol–water partition coefficient (Wildman–Crippen LogP) is 2.85. The lowest BCUT2D eigenvalue weighted by Gasteiger charge is -1.97. The molecule has 0 saturated carbocycles. The molecular weight excluding hydrogens is 310 g/mol. The highest BCUT2D eigenvalue weighted by atomic mass is 79.9. The summed E-state index contributed by atoms with van der Waals surface area (Å²) >= 11 is 3.38. The first-order valence-corrected chi connectivity index (χ1v) is 6.29. The van der Waals surface area contributed by atoms with Crippen LogP contribution in [0.25, 0.3) is 22.8 Å². The van der Waals surface area contributed by atoms with Crippen LogP contribution < -0.4 is 5.69 Å². The van der Waals surface area contributed by atoms with Crippen molar-refractivity contribution in [2.45, 2.75) is 0 Å². The lowest BCUT2D eigenvalue weighted by Crippen LogP contribution is -2.11. The molecule has 3 aromatic rings. The Hall–Kier alpha value is -2.21. The summed E-state index contributed by atoms with van der Waals surface area (Å²) in [6, 6.07) is 11.4. The van der Waals surface area contributed by atoms with E-state index < -0.39 is 5.69 Å². The molecule has 5 nitrogen and oxygen atoms in total. The highest BCUT2D eigenvalue weighted by Crippen LogP contribution is 2.27. The first kappa shape index (κ1) is 11.9. The summed E-state index contributed by atoms with van der Waals surface area (Å²) in [6.45, 7) is 0. The molecule has 94 valence electrons. The van der Waals surface area contributed by atoms with Crippen molar-refractivity contribution in [3.05, 3.63) is 57.6 Å². The van der Waals surface area contributed by atoms with E-state index in [0.29, 0.717) is 11.5 Å². The van der Waals surface area contributed by atoms with Crippen molar-refractivity contribution in [3.63, 3.8) is 0 Å². The smallest absolute Gasteiger partial charge is 0.361 e. The molecule has 19 heavy (non-hydrogen) atoms. The van der Waals surface area contributed by atoms with Gasteiger partial charge in [0, 0.05) is 10.0 Å². The van der Waals surface area contributed by atoms with Crippen molar-refractivity contribution in [3.8, 4) is 22.8 Å². The van der Waals surface area contributed by atoms with Crippen LogP contribution in [0.1, 0.15) is 0 Å². The summed E-state index contributed by atoms with van der Waals surface area (Å²) in [6.07, 6.45) is 1.38. The van der Waals surface area contributed by atoms with E-state index in [2.05, 4.69) is 31.1 Å². The van der Waals surface area contributed by atoms with Crippen molar-refractivity contribution >= 4 is 15.9 Å². The largest absolute Gasteiger partial charge is 0.454 e. The summed E-state index contributed by atoms with van der Waals surface area (Å²) in [5.41, 5.74) is 0.971. The van der Waals surface area contributed by atoms with Crippen LogP contribution in [0, 0.1) is 0 Å². The molecule has 6 heteroatoms. The third-order valence-corrected chi connectivity index (χ3v) is 3.09. The van der Waals surface area contributed by atoms with Gasteiger partial charge in [-0.3, -0.25) is 0 Å². The van der Waals surface area contributed by atoms with Crippen LogP contribution in [0.3, 0.4) is 0 Å². The van der Waals surface area contributed by atoms with Gasteiger partial charge < -0.3 is 4.42 Å². The molecular formula is C13H8BrN3O2. The quantitative estimate of drug-likeness (QED) is 0.788. The van der Waals surface area contributed by atoms with Crippen LogP contribution in [0.15, 0.2) is 56.3 Å². The number of halogens is 1. The zero-order valence-corrected chi connectivity index (χ0v) is 11.2. The molecule has 0 spiro atoms. The number of hydrogen-bond acceptors (Lipinski definition) is 4. The molecule has 3 rings (SSSR count). The van der Waals surface area contributed by atoms with E-state index in [0.717, 1.165) is 15.8 Å². The molecule has 0 atom stereocenters. The van der Waals surface area contributed by atoms with Gasteiger partial charge in [0.05, 0.1) is 6.20 Å². The Labute approximate surface area is 116 Å². The summed E-state index contributed by atoms with van der Waals surface area (Å²) in [5, 5.41) is 6.14. The summed E-state index contributed by atoms with van der Waals surface area (Å²) < 4.78 is 6.70. The molecule has 0 bridgehead atoms. The van der Waals surface area contributed by atoms with Crippen LogP contribution in [-0.4, -0.2) is 15.2 Å². The molecule has 1 N–H and O–H groups in total. The lowest BCUT2D eigenvalue weighted by molar-refractivity contribution is 0.592. The predicted molar refractivity (Wildman–Crippen MR) is 73.5 cm³/mol. The van der Waals surface area contributed by atoms with Crippen molar-refractivity contribution in [2.24, 2.45) is 0 Å². The molecule has 1 aromatic carbocycles. The van der Waals surface area contributed by atoms with Crippen LogP contribution in [0.2, 0.25) is 0 Å². The highest BCUT2D eigenvalue weighted by Gasteiger charge is 2.08. The number of furan rings is 1. The fourth-order valence-corrected chi connectivity index (χ4v) is 1.91. The molecule has 2 aromatic heterocycles. The van der Waals surface area contributed by atoms with Gasteiger partial charge in [0.15, 0.2) is 5.76 Å². The Morgan fingerprint density at radius 1 is 1.05 bits per heavy atom. The Morgan fingerprint density at radius 3 is 2.47 bits per heavy atom. The standard InChI is InChI=1S/C13H8BrN3O2/c14-9-3-1-8(2-4-9)11-5-6-12(19-11)10-7-15-13(18)17-16-10/h1-7H,(H,15,17,18). The fourth-order valence-electron chi connectivity index (χ4n) is 1.65. The van der Waals surface area contributed by atoms with Crippen molar-refractivity contribution in [1.82, 2.24) is 15.2 Å². The zero-order valence-electron chi connectivity index (χ0n) is 9.63. The second kappa shape index (κ2) is 4.81. The number of H-pyrrole nitrogens is 1. The fraction of sp³-hybridized carbons (Fsp3) is 0. The van der Waals surface area contributed by atoms with Crippen LogP contribution >= 0.6 is 15.9 Å². The SMILES string of the molecule is O=c1ncc(-c2ccc(-c3ccc(Br)cc3)o2)n[nH]1. The zero-order chi connectivity index (χ0) is 13.2. The van der Waals surface area contributed by atoms with Gasteiger partial charge >= 0.3 is 5.69 Å². The number of aromatic nitrogens is 3. The normalized spacial score (nSPS) is 10.6. The molecule has 0 amide bonds. The van der Waals surface area contributed by atoms with Gasteiger partial charge in [0.1, 0.15) is 11.5 Å². The van der Waals surface area contributed by atoms with Gasteiger partial charge in [0.25, 0.3) is 0 Å². The third kappa shape index (κ3) is 2.48. The number of nitrogens with one attached hydrogen (secondary N) is 1. The highest BCUT2D eigenvalue weighted by molar-refractivity contribution is 9.10. The average molecular weight is 318 g/mol. The van der Waals surface area contributed by atoms with Crippen LogP contribution in [0.5, 0.6) is 0 Å². The van der Waals surface area contributed by atoms with E-state index in [-0.39, 0.29) is 0 Å². The molecule has 0 aliphatic carbocycles.